The molecule has 3 nitrogen and oxygen atoms in total. The maximum Gasteiger partial charge on any atom is 0.115 e. The van der Waals surface area contributed by atoms with Gasteiger partial charge < -0.3 is 4.90 Å². The van der Waals surface area contributed by atoms with Crippen molar-refractivity contribution in [3.63, 3.8) is 0 Å². The minimum Gasteiger partial charge on any atom is -0.362 e. The van der Waals surface area contributed by atoms with E-state index < -0.39 is 0 Å². The summed E-state index contributed by atoms with van der Waals surface area (Å²) in [6.45, 7) is 6.70. The van der Waals surface area contributed by atoms with Gasteiger partial charge in [0.15, 0.2) is 0 Å². The van der Waals surface area contributed by atoms with E-state index in [0.29, 0.717) is 5.92 Å². The quantitative estimate of drug-likeness (QED) is 0.261. The van der Waals surface area contributed by atoms with Gasteiger partial charge >= 0.3 is 0 Å². The summed E-state index contributed by atoms with van der Waals surface area (Å²) >= 11 is 3.86. The summed E-state index contributed by atoms with van der Waals surface area (Å²) in [5, 5.41) is 3.90. The van der Waals surface area contributed by atoms with Crippen molar-refractivity contribution in [3.05, 3.63) is 98.1 Å². The van der Waals surface area contributed by atoms with Crippen LogP contribution in [0.2, 0.25) is 0 Å². The molecule has 0 saturated carbocycles. The molecule has 1 aliphatic rings. The van der Waals surface area contributed by atoms with Gasteiger partial charge in [-0.05, 0) is 42.7 Å². The second kappa shape index (κ2) is 10.8. The first kappa shape index (κ1) is 23.3. The Morgan fingerprint density at radius 2 is 1.26 bits per heavy atom. The molecule has 0 N–H and O–H groups in total. The van der Waals surface area contributed by atoms with E-state index in [1.165, 1.54) is 55.2 Å². The number of piperidine rings is 1. The smallest absolute Gasteiger partial charge is 0.115 e. The van der Waals surface area contributed by atoms with Crippen LogP contribution in [0.3, 0.4) is 0 Å². The van der Waals surface area contributed by atoms with Crippen molar-refractivity contribution in [1.82, 2.24) is 9.97 Å². The van der Waals surface area contributed by atoms with E-state index in [1.54, 1.807) is 0 Å². The van der Waals surface area contributed by atoms with Gasteiger partial charge in [0, 0.05) is 30.8 Å². The molecule has 4 aromatic rings. The number of anilines is 1. The first-order valence-electron chi connectivity index (χ1n) is 12.5. The van der Waals surface area contributed by atoms with Crippen molar-refractivity contribution in [2.45, 2.75) is 58.3 Å². The highest BCUT2D eigenvalue weighted by atomic mass is 32.1. The van der Waals surface area contributed by atoms with Gasteiger partial charge in [0.1, 0.15) is 5.00 Å². The van der Waals surface area contributed by atoms with Crippen LogP contribution in [0.15, 0.2) is 60.7 Å². The molecule has 0 bridgehead atoms. The van der Waals surface area contributed by atoms with Crippen LogP contribution >= 0.6 is 22.7 Å². The molecular formula is C29H33N3S2. The minimum atomic E-state index is 0.634. The van der Waals surface area contributed by atoms with Crippen LogP contribution in [-0.4, -0.2) is 23.1 Å². The van der Waals surface area contributed by atoms with Crippen LogP contribution < -0.4 is 4.90 Å². The van der Waals surface area contributed by atoms with Crippen LogP contribution in [0.1, 0.15) is 70.0 Å². The highest BCUT2D eigenvalue weighted by Crippen LogP contribution is 2.39. The normalized spacial score (nSPS) is 14.6. The first-order chi connectivity index (χ1) is 16.7. The van der Waals surface area contributed by atoms with Crippen LogP contribution in [0.4, 0.5) is 5.00 Å². The molecule has 0 atom stereocenters. The Labute approximate surface area is 211 Å². The van der Waals surface area contributed by atoms with Crippen LogP contribution in [-0.2, 0) is 25.7 Å². The Hall–Kier alpha value is -2.50. The average molecular weight is 488 g/mol. The monoisotopic (exact) mass is 487 g/mol. The summed E-state index contributed by atoms with van der Waals surface area (Å²) < 4.78 is 0. The first-order valence-corrected chi connectivity index (χ1v) is 14.2. The summed E-state index contributed by atoms with van der Waals surface area (Å²) in [6.07, 6.45) is 6.31. The van der Waals surface area contributed by atoms with Gasteiger partial charge in [0.2, 0.25) is 0 Å². The molecule has 176 valence electrons. The fraction of sp³-hybridized carbons (Fsp3) is 0.379. The lowest BCUT2D eigenvalue weighted by molar-refractivity contribution is 0.509. The van der Waals surface area contributed by atoms with Crippen molar-refractivity contribution in [2.75, 3.05) is 18.0 Å². The Balaban J connectivity index is 1.27. The Bertz CT molecular complexity index is 1090. The highest BCUT2D eigenvalue weighted by Gasteiger charge is 2.27. The van der Waals surface area contributed by atoms with E-state index in [-0.39, 0.29) is 0 Å². The highest BCUT2D eigenvalue weighted by molar-refractivity contribution is 7.16. The van der Waals surface area contributed by atoms with Crippen molar-refractivity contribution in [2.24, 2.45) is 0 Å². The number of hydrogen-bond donors (Lipinski definition) is 0. The molecule has 5 rings (SSSR count). The summed E-state index contributed by atoms with van der Waals surface area (Å²) in [5.74, 6) is 0.634. The molecule has 1 saturated heterocycles. The topological polar surface area (TPSA) is 29.0 Å². The molecule has 1 fully saturated rings. The number of nitrogens with zero attached hydrogens (tertiary/aromatic N) is 3. The predicted molar refractivity (Wildman–Crippen MR) is 146 cm³/mol. The maximum atomic E-state index is 5.04. The van der Waals surface area contributed by atoms with Crippen LogP contribution in [0.5, 0.6) is 0 Å². The van der Waals surface area contributed by atoms with Crippen molar-refractivity contribution < 1.29 is 0 Å². The molecule has 2 aromatic heterocycles. The van der Waals surface area contributed by atoms with Gasteiger partial charge in [0.05, 0.1) is 21.4 Å². The molecule has 2 aromatic carbocycles. The Kier molecular flexibility index (Phi) is 7.41. The van der Waals surface area contributed by atoms with E-state index >= 15 is 0 Å². The molecule has 0 aliphatic carbocycles. The standard InChI is InChI=1S/C29H33N3S2/c1-3-24-28(33-26(30-24)19-21-11-7-5-8-12-21)23-15-17-32(18-16-23)29-25(4-2)31-27(34-29)20-22-13-9-6-10-14-22/h5-14,23H,3-4,15-20H2,1-2H3. The predicted octanol–water partition coefficient (Wildman–Crippen LogP) is 7.29. The Morgan fingerprint density at radius 1 is 0.735 bits per heavy atom. The molecule has 34 heavy (non-hydrogen) atoms. The van der Waals surface area contributed by atoms with E-state index in [2.05, 4.69) is 79.4 Å². The maximum absolute atomic E-state index is 5.04. The summed E-state index contributed by atoms with van der Waals surface area (Å²) in [7, 11) is 0. The van der Waals surface area contributed by atoms with E-state index in [9.17, 15) is 0 Å². The number of benzene rings is 2. The molecular weight excluding hydrogens is 454 g/mol. The molecule has 0 unspecified atom stereocenters. The molecule has 0 spiro atoms. The molecule has 1 aliphatic heterocycles. The number of aromatic nitrogens is 2. The largest absolute Gasteiger partial charge is 0.362 e. The number of hydrogen-bond acceptors (Lipinski definition) is 5. The van der Waals surface area contributed by atoms with Gasteiger partial charge in [-0.25, -0.2) is 9.97 Å². The van der Waals surface area contributed by atoms with Gasteiger partial charge in [0.25, 0.3) is 0 Å². The molecule has 3 heterocycles. The fourth-order valence-electron chi connectivity index (χ4n) is 4.89. The summed E-state index contributed by atoms with van der Waals surface area (Å²) in [6, 6.07) is 21.4. The third-order valence-corrected chi connectivity index (χ3v) is 9.13. The Morgan fingerprint density at radius 3 is 1.82 bits per heavy atom. The molecule has 5 heteroatoms. The van der Waals surface area contributed by atoms with E-state index in [4.69, 9.17) is 9.97 Å². The SMILES string of the molecule is CCc1nc(Cc2ccccc2)sc1C1CCN(c2sc(Cc3ccccc3)nc2CC)CC1. The van der Waals surface area contributed by atoms with Gasteiger partial charge in [-0.1, -0.05) is 74.5 Å². The van der Waals surface area contributed by atoms with Gasteiger partial charge in [-0.15, -0.1) is 22.7 Å². The second-order valence-corrected chi connectivity index (χ2v) is 11.2. The van der Waals surface area contributed by atoms with Crippen molar-refractivity contribution in [3.8, 4) is 0 Å². The van der Waals surface area contributed by atoms with E-state index in [0.717, 1.165) is 38.8 Å². The lowest BCUT2D eigenvalue weighted by Gasteiger charge is -2.32. The zero-order chi connectivity index (χ0) is 23.3. The summed E-state index contributed by atoms with van der Waals surface area (Å²) in [5.41, 5.74) is 5.29. The van der Waals surface area contributed by atoms with Crippen LogP contribution in [0, 0.1) is 0 Å². The van der Waals surface area contributed by atoms with Crippen molar-refractivity contribution >= 4 is 27.7 Å². The number of thiazole rings is 2. The lowest BCUT2D eigenvalue weighted by Crippen LogP contribution is -2.32. The third kappa shape index (κ3) is 5.26. The van der Waals surface area contributed by atoms with E-state index in [1.807, 2.05) is 22.7 Å². The zero-order valence-corrected chi connectivity index (χ0v) is 21.8. The lowest BCUT2D eigenvalue weighted by atomic mass is 9.93. The average Bonchev–Trinajstić information content (AvgIpc) is 3.49. The fourth-order valence-corrected chi connectivity index (χ4v) is 7.49. The zero-order valence-electron chi connectivity index (χ0n) is 20.2. The van der Waals surface area contributed by atoms with Crippen molar-refractivity contribution in [1.29, 1.82) is 0 Å². The summed E-state index contributed by atoms with van der Waals surface area (Å²) in [4.78, 5) is 14.2. The second-order valence-electron chi connectivity index (χ2n) is 9.07. The molecule has 0 radical (unpaired) electrons. The van der Waals surface area contributed by atoms with Crippen LogP contribution in [0.25, 0.3) is 0 Å². The van der Waals surface area contributed by atoms with Gasteiger partial charge in [-0.2, -0.15) is 0 Å². The van der Waals surface area contributed by atoms with Gasteiger partial charge in [-0.3, -0.25) is 0 Å². The number of rotatable bonds is 8. The number of aryl methyl sites for hydroxylation is 2. The minimum absolute atomic E-state index is 0.634. The molecule has 0 amide bonds. The third-order valence-electron chi connectivity index (χ3n) is 6.71.